The van der Waals surface area contributed by atoms with Crippen molar-refractivity contribution in [2.75, 3.05) is 26.2 Å². The first-order chi connectivity index (χ1) is 10.1. The van der Waals surface area contributed by atoms with E-state index in [1.54, 1.807) is 19.2 Å². The van der Waals surface area contributed by atoms with Crippen LogP contribution >= 0.6 is 11.6 Å². The lowest BCUT2D eigenvalue weighted by atomic mass is 10.2. The largest absolute Gasteiger partial charge is 0.356 e. The van der Waals surface area contributed by atoms with Gasteiger partial charge in [-0.3, -0.25) is 9.69 Å². The molecule has 1 fully saturated rings. The highest BCUT2D eigenvalue weighted by Crippen LogP contribution is 2.14. The summed E-state index contributed by atoms with van der Waals surface area (Å²) in [4.78, 5) is 23.3. The lowest BCUT2D eigenvalue weighted by Crippen LogP contribution is -2.48. The van der Waals surface area contributed by atoms with Crippen LogP contribution in [0, 0.1) is 6.92 Å². The van der Waals surface area contributed by atoms with E-state index < -0.39 is 0 Å². The predicted molar refractivity (Wildman–Crippen MR) is 76.0 cm³/mol. The number of halogens is 1. The molecule has 1 aliphatic rings. The zero-order valence-electron chi connectivity index (χ0n) is 11.7. The molecule has 8 heteroatoms. The van der Waals surface area contributed by atoms with Gasteiger partial charge in [0.25, 0.3) is 5.91 Å². The highest BCUT2D eigenvalue weighted by Gasteiger charge is 2.23. The Morgan fingerprint density at radius 1 is 1.43 bits per heavy atom. The van der Waals surface area contributed by atoms with Crippen molar-refractivity contribution >= 4 is 17.5 Å². The molecule has 7 nitrogen and oxygen atoms in total. The minimum atomic E-state index is -0.0183. The van der Waals surface area contributed by atoms with Gasteiger partial charge in [-0.25, -0.2) is 0 Å². The molecule has 3 heterocycles. The number of aromatic amines is 1. The summed E-state index contributed by atoms with van der Waals surface area (Å²) in [6, 6.07) is 1.65. The molecule has 0 bridgehead atoms. The number of H-pyrrole nitrogens is 1. The quantitative estimate of drug-likeness (QED) is 0.925. The normalized spacial score (nSPS) is 16.4. The highest BCUT2D eigenvalue weighted by atomic mass is 35.5. The Kier molecular flexibility index (Phi) is 3.94. The third-order valence-electron chi connectivity index (χ3n) is 3.47. The molecule has 1 amide bonds. The molecular weight excluding hydrogens is 294 g/mol. The van der Waals surface area contributed by atoms with Crippen LogP contribution in [0.1, 0.15) is 22.2 Å². The maximum Gasteiger partial charge on any atom is 0.270 e. The van der Waals surface area contributed by atoms with Crippen molar-refractivity contribution in [3.05, 3.63) is 34.7 Å². The molecular formula is C13H16ClN5O2. The van der Waals surface area contributed by atoms with E-state index in [4.69, 9.17) is 16.1 Å². The van der Waals surface area contributed by atoms with Crippen molar-refractivity contribution < 1.29 is 9.32 Å². The molecule has 2 aromatic rings. The Morgan fingerprint density at radius 3 is 2.76 bits per heavy atom. The Labute approximate surface area is 126 Å². The van der Waals surface area contributed by atoms with E-state index in [-0.39, 0.29) is 5.91 Å². The van der Waals surface area contributed by atoms with E-state index in [1.165, 1.54) is 0 Å². The number of rotatable bonds is 3. The van der Waals surface area contributed by atoms with Gasteiger partial charge in [0.05, 0.1) is 11.6 Å². The van der Waals surface area contributed by atoms with Crippen molar-refractivity contribution in [2.24, 2.45) is 0 Å². The fourth-order valence-corrected chi connectivity index (χ4v) is 2.53. The average Bonchev–Trinajstić information content (AvgIpc) is 3.08. The maximum absolute atomic E-state index is 12.3. The number of amides is 1. The minimum absolute atomic E-state index is 0.0183. The van der Waals surface area contributed by atoms with Gasteiger partial charge in [-0.1, -0.05) is 16.8 Å². The summed E-state index contributed by atoms with van der Waals surface area (Å²) in [6.45, 7) is 5.32. The van der Waals surface area contributed by atoms with Crippen molar-refractivity contribution in [3.8, 4) is 0 Å². The SMILES string of the molecule is Cc1noc(CN2CCN(C(=O)c3cc(Cl)c[nH]3)CC2)n1. The first-order valence-corrected chi connectivity index (χ1v) is 7.14. The number of aromatic nitrogens is 3. The van der Waals surface area contributed by atoms with Crippen LogP contribution in [0.3, 0.4) is 0 Å². The van der Waals surface area contributed by atoms with E-state index in [1.807, 2.05) is 4.90 Å². The average molecular weight is 310 g/mol. The predicted octanol–water partition coefficient (Wildman–Crippen LogP) is 1.32. The second-order valence-electron chi connectivity index (χ2n) is 5.04. The minimum Gasteiger partial charge on any atom is -0.356 e. The number of aryl methyl sites for hydroxylation is 1. The van der Waals surface area contributed by atoms with Gasteiger partial charge in [0, 0.05) is 32.4 Å². The Bertz CT molecular complexity index is 630. The van der Waals surface area contributed by atoms with E-state index in [0.717, 1.165) is 13.1 Å². The van der Waals surface area contributed by atoms with Crippen LogP contribution < -0.4 is 0 Å². The summed E-state index contributed by atoms with van der Waals surface area (Å²) >= 11 is 5.83. The fourth-order valence-electron chi connectivity index (χ4n) is 2.37. The zero-order valence-corrected chi connectivity index (χ0v) is 12.4. The van der Waals surface area contributed by atoms with Crippen molar-refractivity contribution in [1.82, 2.24) is 24.9 Å². The number of nitrogens with zero attached hydrogens (tertiary/aromatic N) is 4. The van der Waals surface area contributed by atoms with Crippen molar-refractivity contribution in [3.63, 3.8) is 0 Å². The van der Waals surface area contributed by atoms with Gasteiger partial charge in [0.1, 0.15) is 5.69 Å². The standard InChI is InChI=1S/C13H16ClN5O2/c1-9-16-12(21-17-9)8-18-2-4-19(5-3-18)13(20)11-6-10(14)7-15-11/h6-7,15H,2-5,8H2,1H3. The molecule has 3 rings (SSSR count). The third-order valence-corrected chi connectivity index (χ3v) is 3.68. The van der Waals surface area contributed by atoms with Crippen LogP contribution in [0.25, 0.3) is 0 Å². The molecule has 112 valence electrons. The van der Waals surface area contributed by atoms with Gasteiger partial charge >= 0.3 is 0 Å². The summed E-state index contributed by atoms with van der Waals surface area (Å²) in [5.74, 6) is 1.24. The summed E-state index contributed by atoms with van der Waals surface area (Å²) < 4.78 is 5.11. The van der Waals surface area contributed by atoms with Crippen LogP contribution in [-0.2, 0) is 6.54 Å². The summed E-state index contributed by atoms with van der Waals surface area (Å²) in [5, 5.41) is 4.32. The van der Waals surface area contributed by atoms with Crippen molar-refractivity contribution in [1.29, 1.82) is 0 Å². The van der Waals surface area contributed by atoms with Gasteiger partial charge < -0.3 is 14.4 Å². The lowest BCUT2D eigenvalue weighted by Gasteiger charge is -2.33. The second-order valence-corrected chi connectivity index (χ2v) is 5.47. The number of piperazine rings is 1. The molecule has 0 radical (unpaired) electrons. The van der Waals surface area contributed by atoms with Crippen LogP contribution in [0.4, 0.5) is 0 Å². The maximum atomic E-state index is 12.3. The molecule has 0 aliphatic carbocycles. The number of hydrogen-bond donors (Lipinski definition) is 1. The van der Waals surface area contributed by atoms with Crippen LogP contribution in [0.5, 0.6) is 0 Å². The summed E-state index contributed by atoms with van der Waals surface area (Å²) in [7, 11) is 0. The molecule has 1 N–H and O–H groups in total. The Morgan fingerprint density at radius 2 is 2.19 bits per heavy atom. The summed E-state index contributed by atoms with van der Waals surface area (Å²) in [5.41, 5.74) is 0.529. The van der Waals surface area contributed by atoms with Crippen LogP contribution in [0.2, 0.25) is 5.02 Å². The number of carbonyl (C=O) groups is 1. The molecule has 0 aromatic carbocycles. The number of nitrogens with one attached hydrogen (secondary N) is 1. The Hall–Kier alpha value is -1.86. The molecule has 0 atom stereocenters. The molecule has 0 spiro atoms. The second kappa shape index (κ2) is 5.87. The smallest absolute Gasteiger partial charge is 0.270 e. The van der Waals surface area contributed by atoms with Gasteiger partial charge in [0.15, 0.2) is 5.82 Å². The first-order valence-electron chi connectivity index (χ1n) is 6.76. The summed E-state index contributed by atoms with van der Waals surface area (Å²) in [6.07, 6.45) is 1.61. The number of carbonyl (C=O) groups excluding carboxylic acids is 1. The van der Waals surface area contributed by atoms with Crippen molar-refractivity contribution in [2.45, 2.75) is 13.5 Å². The van der Waals surface area contributed by atoms with E-state index in [9.17, 15) is 4.79 Å². The van der Waals surface area contributed by atoms with Gasteiger partial charge in [-0.2, -0.15) is 4.98 Å². The molecule has 1 saturated heterocycles. The Balaban J connectivity index is 1.54. The molecule has 21 heavy (non-hydrogen) atoms. The topological polar surface area (TPSA) is 78.3 Å². The molecule has 1 aliphatic heterocycles. The van der Waals surface area contributed by atoms with Gasteiger partial charge in [-0.15, -0.1) is 0 Å². The molecule has 2 aromatic heterocycles. The third kappa shape index (κ3) is 3.25. The van der Waals surface area contributed by atoms with Crippen LogP contribution in [0.15, 0.2) is 16.8 Å². The van der Waals surface area contributed by atoms with E-state index in [0.29, 0.717) is 42.1 Å². The highest BCUT2D eigenvalue weighted by molar-refractivity contribution is 6.30. The zero-order chi connectivity index (χ0) is 14.8. The monoisotopic (exact) mass is 309 g/mol. The van der Waals surface area contributed by atoms with E-state index >= 15 is 0 Å². The van der Waals surface area contributed by atoms with Gasteiger partial charge in [-0.05, 0) is 13.0 Å². The first kappa shape index (κ1) is 14.1. The molecule has 0 unspecified atom stereocenters. The van der Waals surface area contributed by atoms with Crippen LogP contribution in [-0.4, -0.2) is 57.0 Å². The van der Waals surface area contributed by atoms with Gasteiger partial charge in [0.2, 0.25) is 5.89 Å². The molecule has 0 saturated carbocycles. The van der Waals surface area contributed by atoms with E-state index in [2.05, 4.69) is 20.0 Å². The fraction of sp³-hybridized carbons (Fsp3) is 0.462. The lowest BCUT2D eigenvalue weighted by molar-refractivity contribution is 0.0610. The number of hydrogen-bond acceptors (Lipinski definition) is 5.